The average molecular weight is 234 g/mol. The third kappa shape index (κ3) is 3.22. The first-order chi connectivity index (χ1) is 8.06. The highest BCUT2D eigenvalue weighted by Gasteiger charge is 2.26. The monoisotopic (exact) mass is 234 g/mol. The van der Waals surface area contributed by atoms with Gasteiger partial charge in [-0.1, -0.05) is 26.8 Å². The Labute approximate surface area is 103 Å². The third-order valence-corrected chi connectivity index (χ3v) is 3.56. The summed E-state index contributed by atoms with van der Waals surface area (Å²) in [5, 5.41) is 3.13. The molecule has 1 aromatic carbocycles. The number of hydrogen-bond donors (Lipinski definition) is 2. The van der Waals surface area contributed by atoms with E-state index in [4.69, 9.17) is 5.73 Å². The molecule has 17 heavy (non-hydrogen) atoms. The number of rotatable bonds is 5. The number of carbonyl (C=O) groups is 1. The number of benzene rings is 1. The lowest BCUT2D eigenvalue weighted by molar-refractivity contribution is 0.0888. The molecule has 0 aliphatic heterocycles. The summed E-state index contributed by atoms with van der Waals surface area (Å²) in [6.45, 7) is 6.31. The zero-order valence-electron chi connectivity index (χ0n) is 10.9. The van der Waals surface area contributed by atoms with Crippen LogP contribution in [0, 0.1) is 0 Å². The first kappa shape index (κ1) is 13.6. The Morgan fingerprint density at radius 3 is 2.29 bits per heavy atom. The third-order valence-electron chi connectivity index (χ3n) is 3.56. The minimum Gasteiger partial charge on any atom is -0.399 e. The molecule has 1 aromatic rings. The first-order valence-electron chi connectivity index (χ1n) is 6.25. The highest BCUT2D eigenvalue weighted by atomic mass is 16.1. The van der Waals surface area contributed by atoms with Crippen LogP contribution in [-0.2, 0) is 0 Å². The standard InChI is InChI=1S/C14H22N2O/c1-4-14(5-2,6-3)16-13(17)11-8-7-9-12(15)10-11/h7-10H,4-6,15H2,1-3H3,(H,16,17). The van der Waals surface area contributed by atoms with Crippen LogP contribution in [0.1, 0.15) is 50.4 Å². The van der Waals surface area contributed by atoms with Crippen LogP contribution >= 0.6 is 0 Å². The number of nitrogen functional groups attached to an aromatic ring is 1. The Balaban J connectivity index is 2.84. The Morgan fingerprint density at radius 1 is 1.24 bits per heavy atom. The minimum absolute atomic E-state index is 0.0390. The molecule has 0 spiro atoms. The van der Waals surface area contributed by atoms with Gasteiger partial charge in [-0.3, -0.25) is 4.79 Å². The Kier molecular flexibility index (Phi) is 4.55. The summed E-state index contributed by atoms with van der Waals surface area (Å²) in [7, 11) is 0. The zero-order chi connectivity index (χ0) is 12.9. The van der Waals surface area contributed by atoms with E-state index in [9.17, 15) is 4.79 Å². The molecule has 3 nitrogen and oxygen atoms in total. The van der Waals surface area contributed by atoms with Gasteiger partial charge < -0.3 is 11.1 Å². The molecule has 0 fully saturated rings. The van der Waals surface area contributed by atoms with Crippen molar-refractivity contribution in [2.24, 2.45) is 0 Å². The topological polar surface area (TPSA) is 55.1 Å². The summed E-state index contributed by atoms with van der Waals surface area (Å²) in [6.07, 6.45) is 2.82. The van der Waals surface area contributed by atoms with Gasteiger partial charge in [-0.25, -0.2) is 0 Å². The van der Waals surface area contributed by atoms with E-state index in [1.54, 1.807) is 24.3 Å². The van der Waals surface area contributed by atoms with Crippen molar-refractivity contribution in [3.8, 4) is 0 Å². The largest absolute Gasteiger partial charge is 0.399 e. The molecule has 0 saturated heterocycles. The van der Waals surface area contributed by atoms with Crippen LogP contribution in [0.5, 0.6) is 0 Å². The molecule has 3 heteroatoms. The Morgan fingerprint density at radius 2 is 1.82 bits per heavy atom. The molecule has 0 heterocycles. The van der Waals surface area contributed by atoms with Crippen molar-refractivity contribution >= 4 is 11.6 Å². The zero-order valence-corrected chi connectivity index (χ0v) is 10.9. The summed E-state index contributed by atoms with van der Waals surface area (Å²) < 4.78 is 0. The van der Waals surface area contributed by atoms with Crippen molar-refractivity contribution in [2.45, 2.75) is 45.6 Å². The summed E-state index contributed by atoms with van der Waals surface area (Å²) in [4.78, 5) is 12.1. The number of nitrogens with one attached hydrogen (secondary N) is 1. The van der Waals surface area contributed by atoms with E-state index in [0.29, 0.717) is 11.3 Å². The van der Waals surface area contributed by atoms with Gasteiger partial charge in [-0.05, 0) is 37.5 Å². The van der Waals surface area contributed by atoms with Crippen LogP contribution in [0.3, 0.4) is 0 Å². The van der Waals surface area contributed by atoms with Gasteiger partial charge in [0.05, 0.1) is 0 Å². The van der Waals surface area contributed by atoms with Crippen LogP contribution in [0.15, 0.2) is 24.3 Å². The maximum absolute atomic E-state index is 12.1. The van der Waals surface area contributed by atoms with Crippen LogP contribution in [-0.4, -0.2) is 11.4 Å². The van der Waals surface area contributed by atoms with Crippen molar-refractivity contribution in [3.63, 3.8) is 0 Å². The van der Waals surface area contributed by atoms with Gasteiger partial charge in [0, 0.05) is 16.8 Å². The first-order valence-corrected chi connectivity index (χ1v) is 6.25. The van der Waals surface area contributed by atoms with Gasteiger partial charge in [0.25, 0.3) is 5.91 Å². The van der Waals surface area contributed by atoms with Crippen LogP contribution in [0.2, 0.25) is 0 Å². The van der Waals surface area contributed by atoms with Gasteiger partial charge in [0.1, 0.15) is 0 Å². The van der Waals surface area contributed by atoms with Gasteiger partial charge >= 0.3 is 0 Å². The second kappa shape index (κ2) is 5.71. The van der Waals surface area contributed by atoms with E-state index < -0.39 is 0 Å². The van der Waals surface area contributed by atoms with Gasteiger partial charge in [-0.2, -0.15) is 0 Å². The minimum atomic E-state index is -0.0955. The molecular weight excluding hydrogens is 212 g/mol. The highest BCUT2D eigenvalue weighted by molar-refractivity contribution is 5.95. The van der Waals surface area contributed by atoms with Crippen molar-refractivity contribution < 1.29 is 4.79 Å². The summed E-state index contributed by atoms with van der Waals surface area (Å²) in [6, 6.07) is 7.08. The predicted octanol–water partition coefficient (Wildman–Crippen LogP) is 2.97. The van der Waals surface area contributed by atoms with Crippen molar-refractivity contribution in [1.82, 2.24) is 5.32 Å². The molecule has 0 aromatic heterocycles. The lowest BCUT2D eigenvalue weighted by Crippen LogP contribution is -2.47. The normalized spacial score (nSPS) is 11.2. The molecule has 0 atom stereocenters. The molecule has 3 N–H and O–H groups in total. The Bertz CT molecular complexity index is 375. The average Bonchev–Trinajstić information content (AvgIpc) is 2.36. The lowest BCUT2D eigenvalue weighted by Gasteiger charge is -2.31. The smallest absolute Gasteiger partial charge is 0.251 e. The highest BCUT2D eigenvalue weighted by Crippen LogP contribution is 2.20. The van der Waals surface area contributed by atoms with Crippen molar-refractivity contribution in [2.75, 3.05) is 5.73 Å². The second-order valence-corrected chi connectivity index (χ2v) is 4.42. The van der Waals surface area contributed by atoms with Crippen molar-refractivity contribution in [1.29, 1.82) is 0 Å². The fourth-order valence-electron chi connectivity index (χ4n) is 2.01. The predicted molar refractivity (Wildman–Crippen MR) is 71.9 cm³/mol. The van der Waals surface area contributed by atoms with E-state index >= 15 is 0 Å². The lowest BCUT2D eigenvalue weighted by atomic mass is 9.89. The molecule has 0 saturated carbocycles. The summed E-state index contributed by atoms with van der Waals surface area (Å²) in [5.41, 5.74) is 6.83. The fraction of sp³-hybridized carbons (Fsp3) is 0.500. The van der Waals surface area contributed by atoms with E-state index in [2.05, 4.69) is 26.1 Å². The van der Waals surface area contributed by atoms with E-state index in [-0.39, 0.29) is 11.4 Å². The quantitative estimate of drug-likeness (QED) is 0.769. The van der Waals surface area contributed by atoms with E-state index in [0.717, 1.165) is 19.3 Å². The molecule has 1 rings (SSSR count). The summed E-state index contributed by atoms with van der Waals surface area (Å²) in [5.74, 6) is -0.0390. The van der Waals surface area contributed by atoms with Gasteiger partial charge in [-0.15, -0.1) is 0 Å². The molecule has 1 amide bonds. The molecule has 0 radical (unpaired) electrons. The van der Waals surface area contributed by atoms with Gasteiger partial charge in [0.2, 0.25) is 0 Å². The van der Waals surface area contributed by atoms with Crippen LogP contribution < -0.4 is 11.1 Å². The van der Waals surface area contributed by atoms with E-state index in [1.807, 2.05) is 0 Å². The van der Waals surface area contributed by atoms with Gasteiger partial charge in [0.15, 0.2) is 0 Å². The second-order valence-electron chi connectivity index (χ2n) is 4.42. The Hall–Kier alpha value is -1.51. The molecule has 0 unspecified atom stereocenters. The fourth-order valence-corrected chi connectivity index (χ4v) is 2.01. The number of amides is 1. The number of hydrogen-bond acceptors (Lipinski definition) is 2. The molecular formula is C14H22N2O. The maximum Gasteiger partial charge on any atom is 0.251 e. The molecule has 0 aliphatic carbocycles. The number of nitrogens with two attached hydrogens (primary N) is 1. The molecule has 0 bridgehead atoms. The SMILES string of the molecule is CCC(CC)(CC)NC(=O)c1cccc(N)c1. The number of anilines is 1. The van der Waals surface area contributed by atoms with Crippen molar-refractivity contribution in [3.05, 3.63) is 29.8 Å². The summed E-state index contributed by atoms with van der Waals surface area (Å²) >= 11 is 0. The molecule has 0 aliphatic rings. The van der Waals surface area contributed by atoms with Crippen LogP contribution in [0.4, 0.5) is 5.69 Å². The number of carbonyl (C=O) groups excluding carboxylic acids is 1. The van der Waals surface area contributed by atoms with E-state index in [1.165, 1.54) is 0 Å². The maximum atomic E-state index is 12.1. The van der Waals surface area contributed by atoms with Crippen LogP contribution in [0.25, 0.3) is 0 Å². The molecule has 94 valence electrons.